The number of ether oxygens (including phenoxy) is 2. The summed E-state index contributed by atoms with van der Waals surface area (Å²) in [5, 5.41) is 38.9. The third kappa shape index (κ3) is 25.2. The molecule has 0 fully saturated rings. The second kappa shape index (κ2) is 40.4. The van der Waals surface area contributed by atoms with Crippen molar-refractivity contribution >= 4 is 99.1 Å². The van der Waals surface area contributed by atoms with Crippen LogP contribution >= 0.6 is 0 Å². The molecule has 12 amide bonds. The molecule has 0 unspecified atom stereocenters. The van der Waals surface area contributed by atoms with Crippen LogP contribution in [0, 0.1) is 11.3 Å². The molecule has 33 nitrogen and oxygen atoms in total. The zero-order valence-electron chi connectivity index (χ0n) is 61.0. The van der Waals surface area contributed by atoms with Crippen molar-refractivity contribution in [3.8, 4) is 23.0 Å². The molecule has 8 atom stereocenters. The van der Waals surface area contributed by atoms with Crippen LogP contribution < -0.4 is 102 Å². The fraction of sp³-hybridized carbons (Fsp3) is 0.408. The molecule has 2 aliphatic heterocycles. The molecule has 0 aliphatic carbocycles. The van der Waals surface area contributed by atoms with Crippen molar-refractivity contribution < 1.29 is 67.0 Å². The van der Waals surface area contributed by atoms with Crippen molar-refractivity contribution in [2.24, 2.45) is 28.9 Å². The zero-order valence-corrected chi connectivity index (χ0v) is 61.0. The number of anilines is 2. The van der Waals surface area contributed by atoms with Gasteiger partial charge in [-0.1, -0.05) is 62.4 Å². The molecular weight excluding hydrogens is 1400 g/mol. The number of nitrogen functional groups attached to an aromatic ring is 2. The van der Waals surface area contributed by atoms with Crippen LogP contribution in [0.4, 0.5) is 11.4 Å². The van der Waals surface area contributed by atoms with Crippen molar-refractivity contribution in [1.82, 2.24) is 63.5 Å². The van der Waals surface area contributed by atoms with E-state index in [2.05, 4.69) is 63.5 Å². The molecule has 33 heteroatoms. The number of unbranched alkanes of at least 4 members (excludes halogenated alkanes) is 1. The Morgan fingerprint density at radius 1 is 0.532 bits per heavy atom. The van der Waals surface area contributed by atoms with Gasteiger partial charge in [0.1, 0.15) is 71.3 Å². The van der Waals surface area contributed by atoms with E-state index >= 15 is 19.2 Å². The molecule has 0 saturated carbocycles. The maximum atomic E-state index is 15.3. The van der Waals surface area contributed by atoms with Crippen LogP contribution in [0.2, 0.25) is 0 Å². The number of aromatic amines is 1. The second-order valence-electron chi connectivity index (χ2n) is 27.4. The van der Waals surface area contributed by atoms with E-state index in [1.54, 1.807) is 62.5 Å². The maximum Gasteiger partial charge on any atom is 0.255 e. The highest BCUT2D eigenvalue weighted by molar-refractivity contribution is 6.02. The molecule has 109 heavy (non-hydrogen) atoms. The van der Waals surface area contributed by atoms with E-state index in [4.69, 9.17) is 49.3 Å². The number of hydrogen-bond donors (Lipinski definition) is 19. The number of nitrogens with one attached hydrogen (secondary N) is 13. The van der Waals surface area contributed by atoms with Gasteiger partial charge in [-0.05, 0) is 162 Å². The van der Waals surface area contributed by atoms with Crippen LogP contribution in [0.15, 0.2) is 115 Å². The van der Waals surface area contributed by atoms with Crippen molar-refractivity contribution in [1.29, 1.82) is 5.41 Å². The number of carbonyl (C=O) groups excluding carboxylic acids is 12. The minimum atomic E-state index is -1.57. The average Bonchev–Trinajstić information content (AvgIpc) is 1.66. The van der Waals surface area contributed by atoms with Gasteiger partial charge < -0.3 is 107 Å². The highest BCUT2D eigenvalue weighted by atomic mass is 16.5. The van der Waals surface area contributed by atoms with Gasteiger partial charge in [0.25, 0.3) is 17.7 Å². The first kappa shape index (κ1) is 82.4. The molecule has 3 heterocycles. The van der Waals surface area contributed by atoms with Crippen molar-refractivity contribution in [3.05, 3.63) is 143 Å². The van der Waals surface area contributed by atoms with E-state index in [1.165, 1.54) is 54.6 Å². The number of rotatable bonds is 18. The van der Waals surface area contributed by atoms with Gasteiger partial charge in [0, 0.05) is 79.0 Å². The molecule has 5 aromatic carbocycles. The number of hydrogen-bond acceptors (Lipinski definition) is 18. The lowest BCUT2D eigenvalue weighted by atomic mass is 10.00. The Kier molecular flexibility index (Phi) is 30.6. The van der Waals surface area contributed by atoms with Gasteiger partial charge in [-0.3, -0.25) is 62.9 Å². The number of para-hydroxylation sites is 1. The first-order valence-electron chi connectivity index (χ1n) is 36.5. The molecule has 4 bridgehead atoms. The predicted octanol–water partition coefficient (Wildman–Crippen LogP) is 1.91. The quantitative estimate of drug-likeness (QED) is 0.0253. The third-order valence-electron chi connectivity index (χ3n) is 18.3. The van der Waals surface area contributed by atoms with Crippen LogP contribution in [0.1, 0.15) is 146 Å². The summed E-state index contributed by atoms with van der Waals surface area (Å²) in [5.41, 5.74) is 37.5. The molecule has 6 aromatic rings. The summed E-state index contributed by atoms with van der Waals surface area (Å²) >= 11 is 0. The molecular formula is C76H99N19O14. The second-order valence-corrected chi connectivity index (χ2v) is 27.4. The number of fused-ring (bicyclic) bond motifs is 10. The monoisotopic (exact) mass is 1500 g/mol. The Bertz CT molecular complexity index is 4270. The van der Waals surface area contributed by atoms with E-state index < -0.39 is 126 Å². The number of benzene rings is 5. The van der Waals surface area contributed by atoms with Gasteiger partial charge in [0.15, 0.2) is 5.96 Å². The Balaban J connectivity index is 1.26. The van der Waals surface area contributed by atoms with Gasteiger partial charge >= 0.3 is 0 Å². The van der Waals surface area contributed by atoms with E-state index in [0.29, 0.717) is 28.5 Å². The third-order valence-corrected chi connectivity index (χ3v) is 18.3. The summed E-state index contributed by atoms with van der Waals surface area (Å²) in [6.45, 7) is 3.73. The largest absolute Gasteiger partial charge is 0.456 e. The molecule has 0 saturated heterocycles. The van der Waals surface area contributed by atoms with Crippen molar-refractivity contribution in [2.45, 2.75) is 165 Å². The standard InChI is InChI=1S/C76H99N19O14/c1-42(2)33-59-73(105)90-56-21-10-13-31-85-68(100)52-39-47(79)24-27-63(52)109-49-36-44(66(98)89-55(20-8-11-29-77)69(101)92-58(72(104)93-59)25-28-64(80)96)35-48(40-49)108-62-26-23-46(78)38-51(62)67(99)84-30-12-9-19-54(65(81)97)88-75(107)61(37-45-41-87-53-18-7-6-17-50(45)53)95-71(103)57(22-14-32-86-76(82)83)91-74(106)60(94-70(56)102)34-43-15-4-3-5-16-43/h3-7,15-18,23-24,26-27,35-36,38-42,54-61,87H,8-14,19-22,25,28-34,37,77-79H2,1-2H3,(H2,80,96)(H2,81,97)(H,84,99)(H,85,100)(H,88,107)(H,89,98)(H,90,105)(H,91,106)(H,92,101)(H,93,104)(H,94,102)(H,95,103)(H4,82,83,86)/t54-,55-,56-,57-,58-,59-,60+,61-/m0/s1. The maximum absolute atomic E-state index is 15.3. The number of nitrogens with two attached hydrogens (primary N) is 6. The van der Waals surface area contributed by atoms with Crippen LogP contribution in [-0.2, 0) is 56.0 Å². The van der Waals surface area contributed by atoms with E-state index in [-0.39, 0.29) is 179 Å². The van der Waals surface area contributed by atoms with Gasteiger partial charge in [-0.2, -0.15) is 0 Å². The number of aromatic nitrogens is 1. The summed E-state index contributed by atoms with van der Waals surface area (Å²) in [6, 6.07) is 16.5. The van der Waals surface area contributed by atoms with Gasteiger partial charge in [-0.15, -0.1) is 0 Å². The highest BCUT2D eigenvalue weighted by Gasteiger charge is 2.37. The first-order chi connectivity index (χ1) is 52.2. The van der Waals surface area contributed by atoms with Crippen molar-refractivity contribution in [2.75, 3.05) is 37.6 Å². The van der Waals surface area contributed by atoms with E-state index in [9.17, 15) is 38.4 Å². The predicted molar refractivity (Wildman–Crippen MR) is 407 cm³/mol. The summed E-state index contributed by atoms with van der Waals surface area (Å²) in [6.07, 6.45) is 1.47. The fourth-order valence-corrected chi connectivity index (χ4v) is 12.6. The minimum absolute atomic E-state index is 0.00575. The Hall–Kier alpha value is -12.3. The molecule has 582 valence electrons. The lowest BCUT2D eigenvalue weighted by Crippen LogP contribution is -2.61. The van der Waals surface area contributed by atoms with Gasteiger partial charge in [0.2, 0.25) is 53.2 Å². The Labute approximate surface area is 630 Å². The first-order valence-corrected chi connectivity index (χ1v) is 36.5. The van der Waals surface area contributed by atoms with Crippen LogP contribution in [-0.4, -0.2) is 156 Å². The smallest absolute Gasteiger partial charge is 0.255 e. The van der Waals surface area contributed by atoms with Crippen LogP contribution in [0.3, 0.4) is 0 Å². The molecule has 25 N–H and O–H groups in total. The highest BCUT2D eigenvalue weighted by Crippen LogP contribution is 2.35. The Morgan fingerprint density at radius 3 is 1.65 bits per heavy atom. The number of amides is 12. The molecule has 1 aromatic heterocycles. The lowest BCUT2D eigenvalue weighted by Gasteiger charge is -2.29. The van der Waals surface area contributed by atoms with Crippen LogP contribution in [0.5, 0.6) is 23.0 Å². The fourth-order valence-electron chi connectivity index (χ4n) is 12.6. The van der Waals surface area contributed by atoms with E-state index in [0.717, 1.165) is 0 Å². The topological polar surface area (TPSA) is 551 Å². The number of carbonyl (C=O) groups is 12. The van der Waals surface area contributed by atoms with E-state index in [1.807, 2.05) is 12.1 Å². The SMILES string of the molecule is CC(C)C[C@@H]1NC(=O)[C@H](CCC(N)=O)NC(=O)[C@H](CCCCN)NC(=O)c2cc3cc(c2)Oc2ccc(N)cc2C(=O)NCCCC[C@H](NC1=O)C(=O)N[C@H](Cc1ccccc1)C(=O)N[C@@H](CCCNC(=N)N)C(=O)N[C@@H](Cc1c[nH]c2ccccc12)C(=O)N[C@H](C(N)=O)CCCCNC(=O)c1cc(N)ccc1O3. The zero-order chi connectivity index (χ0) is 78.7. The molecule has 2 aliphatic rings. The summed E-state index contributed by atoms with van der Waals surface area (Å²) < 4.78 is 12.9. The lowest BCUT2D eigenvalue weighted by molar-refractivity contribution is -0.136. The summed E-state index contributed by atoms with van der Waals surface area (Å²) in [7, 11) is 0. The molecule has 0 radical (unpaired) electrons. The molecule has 8 rings (SSSR count). The molecule has 0 spiro atoms. The average molecular weight is 1500 g/mol. The summed E-state index contributed by atoms with van der Waals surface area (Å²) in [4.78, 5) is 178. The number of H-pyrrole nitrogens is 1. The number of primary amides is 2. The number of guanidine groups is 1. The van der Waals surface area contributed by atoms with Gasteiger partial charge in [-0.25, -0.2) is 0 Å². The minimum Gasteiger partial charge on any atom is -0.456 e. The van der Waals surface area contributed by atoms with Crippen LogP contribution in [0.25, 0.3) is 10.9 Å². The van der Waals surface area contributed by atoms with Gasteiger partial charge in [0.05, 0.1) is 11.1 Å². The normalized spacial score (nSPS) is 20.9. The summed E-state index contributed by atoms with van der Waals surface area (Å²) in [5.74, 6) is -11.3. The van der Waals surface area contributed by atoms with Crippen molar-refractivity contribution in [3.63, 3.8) is 0 Å². The Morgan fingerprint density at radius 2 is 1.06 bits per heavy atom.